The van der Waals surface area contributed by atoms with E-state index in [1.807, 2.05) is 13.8 Å². The van der Waals surface area contributed by atoms with Crippen LogP contribution in [0.3, 0.4) is 0 Å². The van der Waals surface area contributed by atoms with Crippen LogP contribution in [0.1, 0.15) is 33.1 Å². The molecule has 1 saturated heterocycles. The number of methoxy groups -OCH3 is 3. The Morgan fingerprint density at radius 1 is 1.09 bits per heavy atom. The fourth-order valence-corrected chi connectivity index (χ4v) is 7.82. The average molecular weight is 499 g/mol. The van der Waals surface area contributed by atoms with Crippen molar-refractivity contribution < 1.29 is 43.8 Å². The van der Waals surface area contributed by atoms with E-state index < -0.39 is 47.6 Å². The van der Waals surface area contributed by atoms with E-state index in [0.717, 1.165) is 12.0 Å². The van der Waals surface area contributed by atoms with Crippen molar-refractivity contribution in [3.05, 3.63) is 11.6 Å². The molecular formula is C26H42O9. The van der Waals surface area contributed by atoms with E-state index in [-0.39, 0.29) is 49.8 Å². The maximum absolute atomic E-state index is 13.6. The van der Waals surface area contributed by atoms with Gasteiger partial charge in [0.1, 0.15) is 12.2 Å². The fourth-order valence-electron chi connectivity index (χ4n) is 7.82. The number of esters is 1. The largest absolute Gasteiger partial charge is 0.459 e. The summed E-state index contributed by atoms with van der Waals surface area (Å²) >= 11 is 0. The van der Waals surface area contributed by atoms with Crippen LogP contribution in [0, 0.1) is 35.0 Å². The smallest absolute Gasteiger partial charge is 0.311 e. The summed E-state index contributed by atoms with van der Waals surface area (Å²) < 4.78 is 28.5. The quantitative estimate of drug-likeness (QED) is 0.347. The molecule has 200 valence electrons. The standard InChI is InChI=1S/C26H42O9/c1-13-8-14(2)26-17(15(10-31-3)25(30)35-24(13)19(27)12-33-5)6-7-21(26)34-20-9-18(26)22(28)16(11-32-4)23(20)29/h8,13,15-24,27-29H,6-7,9-12H2,1-5H3/b14-8+/t13-,15-,16-,17-,18+,19-,20+,21-,22-,23-,24+,26+/m1/s1. The zero-order chi connectivity index (χ0) is 25.5. The van der Waals surface area contributed by atoms with Gasteiger partial charge in [-0.3, -0.25) is 4.79 Å². The lowest BCUT2D eigenvalue weighted by molar-refractivity contribution is -0.253. The minimum Gasteiger partial charge on any atom is -0.459 e. The third-order valence-corrected chi connectivity index (χ3v) is 9.17. The van der Waals surface area contributed by atoms with Crippen molar-refractivity contribution in [1.82, 2.24) is 0 Å². The Balaban J connectivity index is 1.84. The number of carbonyl (C=O) groups excluding carboxylic acids is 1. The van der Waals surface area contributed by atoms with Gasteiger partial charge in [-0.25, -0.2) is 0 Å². The highest BCUT2D eigenvalue weighted by atomic mass is 16.6. The van der Waals surface area contributed by atoms with E-state index in [4.69, 9.17) is 23.7 Å². The summed E-state index contributed by atoms with van der Waals surface area (Å²) in [4.78, 5) is 13.6. The molecule has 0 aromatic carbocycles. The normalized spacial score (nSPS) is 47.9. The first-order valence-corrected chi connectivity index (χ1v) is 12.8. The Labute approximate surface area is 207 Å². The molecule has 0 amide bonds. The number of aliphatic hydroxyl groups excluding tert-OH is 3. The van der Waals surface area contributed by atoms with Crippen molar-refractivity contribution in [2.75, 3.05) is 41.2 Å². The van der Waals surface area contributed by atoms with E-state index in [2.05, 4.69) is 6.08 Å². The van der Waals surface area contributed by atoms with Gasteiger partial charge in [0.25, 0.3) is 0 Å². The van der Waals surface area contributed by atoms with Crippen LogP contribution in [0.5, 0.6) is 0 Å². The number of hydrogen-bond donors (Lipinski definition) is 3. The third kappa shape index (κ3) is 4.37. The number of hydrogen-bond acceptors (Lipinski definition) is 9. The van der Waals surface area contributed by atoms with Crippen LogP contribution < -0.4 is 0 Å². The molecule has 0 radical (unpaired) electrons. The lowest BCUT2D eigenvalue weighted by atomic mass is 9.52. The molecule has 0 aromatic heterocycles. The van der Waals surface area contributed by atoms with E-state index in [1.165, 1.54) is 7.11 Å². The first kappa shape index (κ1) is 27.0. The number of rotatable bonds is 7. The molecule has 0 aromatic rings. The van der Waals surface area contributed by atoms with Crippen molar-refractivity contribution in [3.63, 3.8) is 0 Å². The van der Waals surface area contributed by atoms with Gasteiger partial charge >= 0.3 is 5.97 Å². The minimum atomic E-state index is -0.981. The van der Waals surface area contributed by atoms with E-state index in [1.54, 1.807) is 14.2 Å². The number of aliphatic hydroxyl groups is 3. The molecule has 1 spiro atoms. The fraction of sp³-hybridized carbons (Fsp3) is 0.885. The van der Waals surface area contributed by atoms with Crippen molar-refractivity contribution in [2.45, 2.75) is 69.7 Å². The molecule has 2 bridgehead atoms. The maximum Gasteiger partial charge on any atom is 0.311 e. The van der Waals surface area contributed by atoms with Gasteiger partial charge in [0.05, 0.1) is 50.2 Å². The van der Waals surface area contributed by atoms with Crippen molar-refractivity contribution in [2.24, 2.45) is 35.0 Å². The number of fused-ring (bicyclic) bond motifs is 2. The molecule has 2 heterocycles. The zero-order valence-corrected chi connectivity index (χ0v) is 21.5. The van der Waals surface area contributed by atoms with Crippen LogP contribution in [0.15, 0.2) is 11.6 Å². The Hall–Kier alpha value is -1.07. The number of carbonyl (C=O) groups is 1. The zero-order valence-electron chi connectivity index (χ0n) is 21.5. The van der Waals surface area contributed by atoms with E-state index in [0.29, 0.717) is 12.8 Å². The molecule has 3 N–H and O–H groups in total. The van der Waals surface area contributed by atoms with E-state index in [9.17, 15) is 20.1 Å². The van der Waals surface area contributed by atoms with Gasteiger partial charge in [-0.15, -0.1) is 0 Å². The van der Waals surface area contributed by atoms with Gasteiger partial charge < -0.3 is 39.0 Å². The molecule has 2 aliphatic heterocycles. The predicted molar refractivity (Wildman–Crippen MR) is 125 cm³/mol. The van der Waals surface area contributed by atoms with Crippen LogP contribution in [-0.2, 0) is 28.5 Å². The van der Waals surface area contributed by atoms with Crippen LogP contribution >= 0.6 is 0 Å². The first-order chi connectivity index (χ1) is 16.7. The Morgan fingerprint density at radius 2 is 1.80 bits per heavy atom. The Kier molecular flexibility index (Phi) is 8.27. The molecule has 35 heavy (non-hydrogen) atoms. The van der Waals surface area contributed by atoms with Crippen LogP contribution in [0.25, 0.3) is 0 Å². The van der Waals surface area contributed by atoms with Crippen molar-refractivity contribution >= 4 is 5.97 Å². The SMILES string of the molecule is COC[C@H]1[C@@H](O)[C@@H]2C[C@@H]([C@@H]1O)[C@]13/C(C)=C/[C@@H](C)[C@@H]([C@H](O)COC)OC(=O)[C@H](COC)[C@H]1CC[C@H]3O2. The Bertz CT molecular complexity index is 787. The number of cyclic esters (lactones) is 1. The molecule has 9 nitrogen and oxygen atoms in total. The molecule has 3 fully saturated rings. The second kappa shape index (κ2) is 10.7. The lowest BCUT2D eigenvalue weighted by Crippen LogP contribution is -2.65. The summed E-state index contributed by atoms with van der Waals surface area (Å²) in [6.45, 7) is 4.41. The van der Waals surface area contributed by atoms with Gasteiger partial charge in [-0.1, -0.05) is 18.6 Å². The second-order valence-electron chi connectivity index (χ2n) is 10.9. The van der Waals surface area contributed by atoms with Gasteiger partial charge in [0, 0.05) is 38.6 Å². The highest BCUT2D eigenvalue weighted by Gasteiger charge is 2.67. The molecule has 0 unspecified atom stereocenters. The third-order valence-electron chi connectivity index (χ3n) is 9.17. The summed E-state index contributed by atoms with van der Waals surface area (Å²) in [5, 5.41) is 33.3. The van der Waals surface area contributed by atoms with Crippen LogP contribution in [0.2, 0.25) is 0 Å². The summed E-state index contributed by atoms with van der Waals surface area (Å²) in [5.74, 6) is -2.18. The topological polar surface area (TPSA) is 124 Å². The summed E-state index contributed by atoms with van der Waals surface area (Å²) in [7, 11) is 4.63. The molecular weight excluding hydrogens is 456 g/mol. The molecule has 12 atom stereocenters. The van der Waals surface area contributed by atoms with Gasteiger partial charge in [-0.05, 0) is 38.0 Å². The molecule has 4 rings (SSSR count). The monoisotopic (exact) mass is 498 g/mol. The van der Waals surface area contributed by atoms with Gasteiger partial charge in [-0.2, -0.15) is 0 Å². The highest BCUT2D eigenvalue weighted by molar-refractivity contribution is 5.74. The minimum absolute atomic E-state index is 0.0457. The molecule has 4 aliphatic rings. The van der Waals surface area contributed by atoms with Crippen molar-refractivity contribution in [3.8, 4) is 0 Å². The average Bonchev–Trinajstić information content (AvgIpc) is 3.22. The summed E-state index contributed by atoms with van der Waals surface area (Å²) in [6.07, 6.45) is -0.0295. The molecule has 9 heteroatoms. The lowest BCUT2D eigenvalue weighted by Gasteiger charge is -2.59. The molecule has 2 aliphatic carbocycles. The van der Waals surface area contributed by atoms with Gasteiger partial charge in [0.15, 0.2) is 0 Å². The predicted octanol–water partition coefficient (Wildman–Crippen LogP) is 0.932. The summed E-state index contributed by atoms with van der Waals surface area (Å²) in [5.41, 5.74) is 0.404. The van der Waals surface area contributed by atoms with Crippen molar-refractivity contribution in [1.29, 1.82) is 0 Å². The molecule has 2 saturated carbocycles. The maximum atomic E-state index is 13.6. The van der Waals surface area contributed by atoms with Gasteiger partial charge in [0.2, 0.25) is 0 Å². The summed E-state index contributed by atoms with van der Waals surface area (Å²) in [6, 6.07) is 0. The second-order valence-corrected chi connectivity index (χ2v) is 10.9. The van der Waals surface area contributed by atoms with Crippen LogP contribution in [-0.4, -0.2) is 99.1 Å². The highest BCUT2D eigenvalue weighted by Crippen LogP contribution is 2.64. The Morgan fingerprint density at radius 3 is 2.46 bits per heavy atom. The van der Waals surface area contributed by atoms with Crippen LogP contribution in [0.4, 0.5) is 0 Å². The van der Waals surface area contributed by atoms with E-state index >= 15 is 0 Å². The number of ether oxygens (including phenoxy) is 5. The first-order valence-electron chi connectivity index (χ1n) is 12.8.